The molecule has 0 saturated carbocycles. The van der Waals surface area contributed by atoms with Crippen molar-refractivity contribution in [2.45, 2.75) is 4.90 Å². The van der Waals surface area contributed by atoms with Gasteiger partial charge in [-0.1, -0.05) is 30.3 Å². The van der Waals surface area contributed by atoms with Crippen molar-refractivity contribution in [2.75, 3.05) is 6.26 Å². The van der Waals surface area contributed by atoms with E-state index in [9.17, 15) is 8.42 Å². The minimum atomic E-state index is -3.14. The highest BCUT2D eigenvalue weighted by atomic mass is 32.2. The summed E-state index contributed by atoms with van der Waals surface area (Å²) in [7, 11) is -3.14. The van der Waals surface area contributed by atoms with Crippen LogP contribution in [0.5, 0.6) is 0 Å². The fraction of sp³-hybridized carbons (Fsp3) is 0.0667. The molecule has 0 spiro atoms. The highest BCUT2D eigenvalue weighted by Gasteiger charge is 2.08. The SMILES string of the molecule is CS(=O)(=O)c1ccc(-c2cc3ccccc3[nH]2)cc1. The molecule has 3 aromatic rings. The first-order valence-corrected chi connectivity index (χ1v) is 7.81. The van der Waals surface area contributed by atoms with E-state index < -0.39 is 9.84 Å². The third-order valence-electron chi connectivity index (χ3n) is 3.12. The van der Waals surface area contributed by atoms with E-state index in [-0.39, 0.29) is 0 Å². The smallest absolute Gasteiger partial charge is 0.175 e. The summed E-state index contributed by atoms with van der Waals surface area (Å²) in [5.74, 6) is 0. The molecule has 1 N–H and O–H groups in total. The van der Waals surface area contributed by atoms with E-state index in [1.165, 1.54) is 6.26 Å². The van der Waals surface area contributed by atoms with E-state index in [0.717, 1.165) is 22.2 Å². The lowest BCUT2D eigenvalue weighted by atomic mass is 10.1. The van der Waals surface area contributed by atoms with Crippen molar-refractivity contribution >= 4 is 20.7 Å². The minimum absolute atomic E-state index is 0.340. The number of hydrogen-bond acceptors (Lipinski definition) is 2. The van der Waals surface area contributed by atoms with Crippen LogP contribution in [0.25, 0.3) is 22.2 Å². The van der Waals surface area contributed by atoms with Crippen LogP contribution in [0.1, 0.15) is 0 Å². The monoisotopic (exact) mass is 271 g/mol. The quantitative estimate of drug-likeness (QED) is 0.778. The normalized spacial score (nSPS) is 11.8. The molecule has 0 radical (unpaired) electrons. The first-order valence-electron chi connectivity index (χ1n) is 5.92. The van der Waals surface area contributed by atoms with E-state index in [4.69, 9.17) is 0 Å². The van der Waals surface area contributed by atoms with Gasteiger partial charge in [-0.2, -0.15) is 0 Å². The Morgan fingerprint density at radius 2 is 1.63 bits per heavy atom. The van der Waals surface area contributed by atoms with Crippen LogP contribution < -0.4 is 0 Å². The standard InChI is InChI=1S/C15H13NO2S/c1-19(17,18)13-8-6-11(7-9-13)15-10-12-4-2-3-5-14(12)16-15/h2-10,16H,1H3. The zero-order chi connectivity index (χ0) is 13.5. The lowest BCUT2D eigenvalue weighted by Crippen LogP contribution is -1.96. The second-order valence-corrected chi connectivity index (χ2v) is 6.58. The summed E-state index contributed by atoms with van der Waals surface area (Å²) in [5.41, 5.74) is 3.04. The molecule has 0 aliphatic heterocycles. The Bertz CT molecular complexity index is 797. The number of hydrogen-bond donors (Lipinski definition) is 1. The number of sulfone groups is 1. The average molecular weight is 271 g/mol. The van der Waals surface area contributed by atoms with Crippen LogP contribution in [0.2, 0.25) is 0 Å². The Morgan fingerprint density at radius 3 is 2.26 bits per heavy atom. The van der Waals surface area contributed by atoms with Gasteiger partial charge < -0.3 is 4.98 Å². The minimum Gasteiger partial charge on any atom is -0.355 e. The van der Waals surface area contributed by atoms with Crippen molar-refractivity contribution in [3.8, 4) is 11.3 Å². The molecule has 1 aromatic heterocycles. The molecule has 0 unspecified atom stereocenters. The average Bonchev–Trinajstić information content (AvgIpc) is 2.81. The van der Waals surface area contributed by atoms with Gasteiger partial charge >= 0.3 is 0 Å². The van der Waals surface area contributed by atoms with Crippen LogP contribution in [-0.4, -0.2) is 19.7 Å². The van der Waals surface area contributed by atoms with Gasteiger partial charge in [-0.3, -0.25) is 0 Å². The molecular weight excluding hydrogens is 258 g/mol. The van der Waals surface area contributed by atoms with E-state index in [1.54, 1.807) is 12.1 Å². The lowest BCUT2D eigenvalue weighted by Gasteiger charge is -2.00. The summed E-state index contributed by atoms with van der Waals surface area (Å²) in [4.78, 5) is 3.66. The van der Waals surface area contributed by atoms with Gasteiger partial charge in [0.1, 0.15) is 0 Å². The molecule has 0 amide bonds. The fourth-order valence-corrected chi connectivity index (χ4v) is 2.74. The van der Waals surface area contributed by atoms with Gasteiger partial charge in [0.05, 0.1) is 4.90 Å². The largest absolute Gasteiger partial charge is 0.355 e. The number of benzene rings is 2. The zero-order valence-electron chi connectivity index (χ0n) is 10.4. The van der Waals surface area contributed by atoms with Crippen LogP contribution in [0.4, 0.5) is 0 Å². The Kier molecular flexibility index (Phi) is 2.68. The number of rotatable bonds is 2. The molecule has 3 rings (SSSR count). The Morgan fingerprint density at radius 1 is 0.947 bits per heavy atom. The van der Waals surface area contributed by atoms with Crippen molar-refractivity contribution < 1.29 is 8.42 Å². The van der Waals surface area contributed by atoms with Crippen LogP contribution in [0.15, 0.2) is 59.5 Å². The number of H-pyrrole nitrogens is 1. The van der Waals surface area contributed by atoms with Crippen LogP contribution in [0, 0.1) is 0 Å². The van der Waals surface area contributed by atoms with Gasteiger partial charge in [-0.05, 0) is 29.8 Å². The first-order chi connectivity index (χ1) is 9.04. The molecule has 3 nitrogen and oxygen atoms in total. The van der Waals surface area contributed by atoms with E-state index in [2.05, 4.69) is 11.1 Å². The third kappa shape index (κ3) is 2.27. The number of para-hydroxylation sites is 1. The van der Waals surface area contributed by atoms with Crippen molar-refractivity contribution in [2.24, 2.45) is 0 Å². The predicted molar refractivity (Wildman–Crippen MR) is 76.8 cm³/mol. The second kappa shape index (κ2) is 4.24. The molecule has 0 atom stereocenters. The zero-order valence-corrected chi connectivity index (χ0v) is 11.2. The molecular formula is C15H13NO2S. The first kappa shape index (κ1) is 12.0. The van der Waals surface area contributed by atoms with E-state index in [0.29, 0.717) is 4.90 Å². The molecule has 0 aliphatic carbocycles. The highest BCUT2D eigenvalue weighted by Crippen LogP contribution is 2.24. The fourth-order valence-electron chi connectivity index (χ4n) is 2.11. The number of fused-ring (bicyclic) bond motifs is 1. The van der Waals surface area contributed by atoms with Crippen LogP contribution >= 0.6 is 0 Å². The number of aromatic nitrogens is 1. The van der Waals surface area contributed by atoms with Crippen molar-refractivity contribution in [3.05, 3.63) is 54.6 Å². The maximum absolute atomic E-state index is 11.4. The summed E-state index contributed by atoms with van der Waals surface area (Å²) in [6, 6.07) is 17.0. The topological polar surface area (TPSA) is 49.9 Å². The van der Waals surface area contributed by atoms with Gasteiger partial charge in [0.25, 0.3) is 0 Å². The van der Waals surface area contributed by atoms with E-state index >= 15 is 0 Å². The summed E-state index contributed by atoms with van der Waals surface area (Å²) >= 11 is 0. The maximum Gasteiger partial charge on any atom is 0.175 e. The van der Waals surface area contributed by atoms with Crippen LogP contribution in [-0.2, 0) is 9.84 Å². The Balaban J connectivity index is 2.07. The molecule has 19 heavy (non-hydrogen) atoms. The Hall–Kier alpha value is -2.07. The van der Waals surface area contributed by atoms with Gasteiger partial charge in [-0.15, -0.1) is 0 Å². The maximum atomic E-state index is 11.4. The predicted octanol–water partition coefficient (Wildman–Crippen LogP) is 3.24. The molecule has 0 bridgehead atoms. The van der Waals surface area contributed by atoms with Crippen molar-refractivity contribution in [1.29, 1.82) is 0 Å². The lowest BCUT2D eigenvalue weighted by molar-refractivity contribution is 0.602. The van der Waals surface area contributed by atoms with Gasteiger partial charge in [0.15, 0.2) is 9.84 Å². The van der Waals surface area contributed by atoms with E-state index in [1.807, 2.05) is 36.4 Å². The molecule has 2 aromatic carbocycles. The van der Waals surface area contributed by atoms with Crippen molar-refractivity contribution in [1.82, 2.24) is 4.98 Å². The van der Waals surface area contributed by atoms with Gasteiger partial charge in [0.2, 0.25) is 0 Å². The number of aromatic amines is 1. The molecule has 0 aliphatic rings. The summed E-state index contributed by atoms with van der Waals surface area (Å²) < 4.78 is 22.8. The summed E-state index contributed by atoms with van der Waals surface area (Å²) in [5, 5.41) is 1.14. The van der Waals surface area contributed by atoms with Gasteiger partial charge in [-0.25, -0.2) is 8.42 Å². The van der Waals surface area contributed by atoms with Crippen molar-refractivity contribution in [3.63, 3.8) is 0 Å². The number of nitrogens with one attached hydrogen (secondary N) is 1. The summed E-state index contributed by atoms with van der Waals surface area (Å²) in [6.45, 7) is 0. The Labute approximate surface area is 111 Å². The van der Waals surface area contributed by atoms with Gasteiger partial charge in [0, 0.05) is 22.9 Å². The summed E-state index contributed by atoms with van der Waals surface area (Å²) in [6.07, 6.45) is 1.21. The molecule has 96 valence electrons. The molecule has 4 heteroatoms. The highest BCUT2D eigenvalue weighted by molar-refractivity contribution is 7.90. The third-order valence-corrected chi connectivity index (χ3v) is 4.25. The second-order valence-electron chi connectivity index (χ2n) is 4.57. The molecule has 0 saturated heterocycles. The molecule has 0 fully saturated rings. The van der Waals surface area contributed by atoms with Crippen LogP contribution in [0.3, 0.4) is 0 Å². The molecule has 1 heterocycles.